The summed E-state index contributed by atoms with van der Waals surface area (Å²) in [5.74, 6) is 1.35. The normalized spacial score (nSPS) is 20.1. The van der Waals surface area contributed by atoms with Gasteiger partial charge < -0.3 is 4.90 Å². The van der Waals surface area contributed by atoms with E-state index in [1.807, 2.05) is 30.3 Å². The molecule has 1 aromatic carbocycles. The number of amides is 1. The summed E-state index contributed by atoms with van der Waals surface area (Å²) in [5, 5.41) is 0. The van der Waals surface area contributed by atoms with Crippen LogP contribution in [0.3, 0.4) is 0 Å². The van der Waals surface area contributed by atoms with E-state index >= 15 is 0 Å². The van der Waals surface area contributed by atoms with Gasteiger partial charge in [-0.15, -0.1) is 0 Å². The number of likely N-dealkylation sites (tertiary alicyclic amines) is 1. The van der Waals surface area contributed by atoms with Gasteiger partial charge in [0.25, 0.3) is 0 Å². The molecule has 1 heterocycles. The Labute approximate surface area is 121 Å². The summed E-state index contributed by atoms with van der Waals surface area (Å²) < 4.78 is 0. The molecule has 0 N–H and O–H groups in total. The van der Waals surface area contributed by atoms with Crippen LogP contribution >= 0.6 is 0 Å². The van der Waals surface area contributed by atoms with Gasteiger partial charge in [0.05, 0.1) is 6.54 Å². The van der Waals surface area contributed by atoms with Gasteiger partial charge in [0.15, 0.2) is 5.78 Å². The van der Waals surface area contributed by atoms with Gasteiger partial charge in [-0.1, -0.05) is 44.2 Å². The molecular weight excluding hydrogens is 250 g/mol. The highest BCUT2D eigenvalue weighted by atomic mass is 16.2. The zero-order chi connectivity index (χ0) is 14.5. The Morgan fingerprint density at radius 1 is 1.25 bits per heavy atom. The molecule has 3 nitrogen and oxygen atoms in total. The van der Waals surface area contributed by atoms with Crippen molar-refractivity contribution < 1.29 is 9.59 Å². The van der Waals surface area contributed by atoms with Crippen molar-refractivity contribution >= 4 is 11.7 Å². The van der Waals surface area contributed by atoms with E-state index in [0.717, 1.165) is 12.8 Å². The Bertz CT molecular complexity index is 467. The Hall–Kier alpha value is -1.64. The molecule has 1 unspecified atom stereocenters. The SMILES string of the molecule is CC(C)C1CCC(=O)N(CC(=O)c2ccccc2)CC1. The molecule has 0 aromatic heterocycles. The molecule has 1 aliphatic rings. The zero-order valence-electron chi connectivity index (χ0n) is 12.3. The summed E-state index contributed by atoms with van der Waals surface area (Å²) in [6.45, 7) is 5.34. The smallest absolute Gasteiger partial charge is 0.222 e. The first-order chi connectivity index (χ1) is 9.58. The van der Waals surface area contributed by atoms with Crippen LogP contribution in [0.1, 0.15) is 43.5 Å². The van der Waals surface area contributed by atoms with Crippen molar-refractivity contribution in [2.45, 2.75) is 33.1 Å². The van der Waals surface area contributed by atoms with Crippen LogP contribution in [0.2, 0.25) is 0 Å². The summed E-state index contributed by atoms with van der Waals surface area (Å²) in [7, 11) is 0. The van der Waals surface area contributed by atoms with Crippen LogP contribution in [-0.2, 0) is 4.79 Å². The Morgan fingerprint density at radius 3 is 2.60 bits per heavy atom. The largest absolute Gasteiger partial charge is 0.335 e. The fourth-order valence-electron chi connectivity index (χ4n) is 2.78. The number of hydrogen-bond donors (Lipinski definition) is 0. The molecule has 20 heavy (non-hydrogen) atoms. The molecule has 0 saturated carbocycles. The molecule has 1 aromatic rings. The van der Waals surface area contributed by atoms with E-state index in [-0.39, 0.29) is 18.2 Å². The van der Waals surface area contributed by atoms with Crippen molar-refractivity contribution in [3.63, 3.8) is 0 Å². The monoisotopic (exact) mass is 273 g/mol. The number of nitrogens with zero attached hydrogens (tertiary/aromatic N) is 1. The van der Waals surface area contributed by atoms with E-state index in [1.165, 1.54) is 0 Å². The van der Waals surface area contributed by atoms with E-state index in [2.05, 4.69) is 13.8 Å². The third-order valence-corrected chi connectivity index (χ3v) is 4.22. The second-order valence-electron chi connectivity index (χ2n) is 5.94. The van der Waals surface area contributed by atoms with Crippen molar-refractivity contribution in [2.24, 2.45) is 11.8 Å². The van der Waals surface area contributed by atoms with Crippen molar-refractivity contribution in [2.75, 3.05) is 13.1 Å². The fourth-order valence-corrected chi connectivity index (χ4v) is 2.78. The van der Waals surface area contributed by atoms with Gasteiger partial charge in [0.2, 0.25) is 5.91 Å². The number of carbonyl (C=O) groups is 2. The molecule has 2 rings (SSSR count). The lowest BCUT2D eigenvalue weighted by molar-refractivity contribution is -0.130. The maximum atomic E-state index is 12.2. The van der Waals surface area contributed by atoms with Gasteiger partial charge in [-0.2, -0.15) is 0 Å². The molecule has 1 fully saturated rings. The Balaban J connectivity index is 1.98. The summed E-state index contributed by atoms with van der Waals surface area (Å²) in [6.07, 6.45) is 2.53. The minimum absolute atomic E-state index is 0.0296. The summed E-state index contributed by atoms with van der Waals surface area (Å²) >= 11 is 0. The van der Waals surface area contributed by atoms with Gasteiger partial charge in [0.1, 0.15) is 0 Å². The van der Waals surface area contributed by atoms with E-state index in [0.29, 0.717) is 30.4 Å². The topological polar surface area (TPSA) is 37.4 Å². The zero-order valence-corrected chi connectivity index (χ0v) is 12.3. The minimum atomic E-state index is 0.0296. The molecule has 108 valence electrons. The van der Waals surface area contributed by atoms with E-state index in [9.17, 15) is 9.59 Å². The minimum Gasteiger partial charge on any atom is -0.335 e. The maximum Gasteiger partial charge on any atom is 0.222 e. The molecule has 1 aliphatic heterocycles. The second-order valence-corrected chi connectivity index (χ2v) is 5.94. The lowest BCUT2D eigenvalue weighted by Gasteiger charge is -2.21. The summed E-state index contributed by atoms with van der Waals surface area (Å²) in [6, 6.07) is 9.21. The van der Waals surface area contributed by atoms with E-state index < -0.39 is 0 Å². The predicted molar refractivity (Wildman–Crippen MR) is 79.5 cm³/mol. The third kappa shape index (κ3) is 3.69. The van der Waals surface area contributed by atoms with Crippen LogP contribution in [0.5, 0.6) is 0 Å². The molecule has 1 saturated heterocycles. The van der Waals surface area contributed by atoms with Crippen LogP contribution in [0.15, 0.2) is 30.3 Å². The molecule has 1 atom stereocenters. The van der Waals surface area contributed by atoms with Crippen LogP contribution in [0.25, 0.3) is 0 Å². The first kappa shape index (κ1) is 14.8. The fraction of sp³-hybridized carbons (Fsp3) is 0.529. The number of rotatable bonds is 4. The highest BCUT2D eigenvalue weighted by Crippen LogP contribution is 2.25. The lowest BCUT2D eigenvalue weighted by Crippen LogP contribution is -2.35. The van der Waals surface area contributed by atoms with Gasteiger partial charge in [-0.25, -0.2) is 0 Å². The Morgan fingerprint density at radius 2 is 1.95 bits per heavy atom. The quantitative estimate of drug-likeness (QED) is 0.790. The maximum absolute atomic E-state index is 12.2. The van der Waals surface area contributed by atoms with Crippen LogP contribution in [0, 0.1) is 11.8 Å². The molecule has 0 bridgehead atoms. The number of Topliss-reactive ketones (excluding diaryl/α,β-unsaturated/α-hetero) is 1. The summed E-state index contributed by atoms with van der Waals surface area (Å²) in [5.41, 5.74) is 0.685. The van der Waals surface area contributed by atoms with Crippen molar-refractivity contribution in [1.82, 2.24) is 4.90 Å². The molecule has 0 spiro atoms. The average molecular weight is 273 g/mol. The van der Waals surface area contributed by atoms with Crippen molar-refractivity contribution in [3.05, 3.63) is 35.9 Å². The first-order valence-corrected chi connectivity index (χ1v) is 7.44. The number of carbonyl (C=O) groups excluding carboxylic acids is 2. The number of ketones is 1. The first-order valence-electron chi connectivity index (χ1n) is 7.44. The molecule has 1 amide bonds. The van der Waals surface area contributed by atoms with Crippen LogP contribution in [-0.4, -0.2) is 29.7 Å². The lowest BCUT2D eigenvalue weighted by atomic mass is 9.89. The molecule has 0 aliphatic carbocycles. The van der Waals surface area contributed by atoms with Gasteiger partial charge >= 0.3 is 0 Å². The highest BCUT2D eigenvalue weighted by Gasteiger charge is 2.25. The van der Waals surface area contributed by atoms with Gasteiger partial charge in [-0.05, 0) is 24.7 Å². The standard InChI is InChI=1S/C17H23NO2/c1-13(2)14-8-9-17(20)18(11-10-14)12-16(19)15-6-4-3-5-7-15/h3-7,13-14H,8-12H2,1-2H3. The van der Waals surface area contributed by atoms with E-state index in [4.69, 9.17) is 0 Å². The molecule has 3 heteroatoms. The summed E-state index contributed by atoms with van der Waals surface area (Å²) in [4.78, 5) is 26.0. The van der Waals surface area contributed by atoms with Gasteiger partial charge in [0, 0.05) is 18.5 Å². The molecule has 0 radical (unpaired) electrons. The number of hydrogen-bond acceptors (Lipinski definition) is 2. The molecular formula is C17H23NO2. The van der Waals surface area contributed by atoms with Crippen LogP contribution in [0.4, 0.5) is 0 Å². The number of benzene rings is 1. The van der Waals surface area contributed by atoms with E-state index in [1.54, 1.807) is 4.90 Å². The average Bonchev–Trinajstić information content (AvgIpc) is 2.63. The second kappa shape index (κ2) is 6.69. The predicted octanol–water partition coefficient (Wildman–Crippen LogP) is 3.15. The van der Waals surface area contributed by atoms with Gasteiger partial charge in [-0.3, -0.25) is 9.59 Å². The van der Waals surface area contributed by atoms with Crippen molar-refractivity contribution in [3.8, 4) is 0 Å². The Kier molecular flexibility index (Phi) is 4.94. The third-order valence-electron chi connectivity index (χ3n) is 4.22. The van der Waals surface area contributed by atoms with Crippen LogP contribution < -0.4 is 0 Å². The van der Waals surface area contributed by atoms with Crippen molar-refractivity contribution in [1.29, 1.82) is 0 Å². The highest BCUT2D eigenvalue weighted by molar-refractivity contribution is 5.99.